The molecule has 0 unspecified atom stereocenters. The van der Waals surface area contributed by atoms with Crippen LogP contribution < -0.4 is 10.5 Å². The maximum atomic E-state index is 11.8. The Labute approximate surface area is 117 Å². The first-order chi connectivity index (χ1) is 9.40. The van der Waals surface area contributed by atoms with E-state index in [1.807, 2.05) is 6.07 Å². The first-order valence-corrected chi connectivity index (χ1v) is 7.44. The number of nitriles is 1. The van der Waals surface area contributed by atoms with Gasteiger partial charge < -0.3 is 0 Å². The lowest BCUT2D eigenvalue weighted by atomic mass is 10.1. The summed E-state index contributed by atoms with van der Waals surface area (Å²) >= 11 is 0.651. The van der Waals surface area contributed by atoms with Gasteiger partial charge >= 0.3 is 0 Å². The number of aromatic nitrogens is 2. The molecule has 10 heteroatoms. The Morgan fingerprint density at radius 2 is 1.95 bits per heavy atom. The molecule has 1 aromatic heterocycles. The van der Waals surface area contributed by atoms with Gasteiger partial charge in [0.25, 0.3) is 15.9 Å². The van der Waals surface area contributed by atoms with Crippen LogP contribution in [0.25, 0.3) is 0 Å². The average Bonchev–Trinajstić information content (AvgIpc) is 2.87. The van der Waals surface area contributed by atoms with Gasteiger partial charge in [0.15, 0.2) is 0 Å². The van der Waals surface area contributed by atoms with Gasteiger partial charge in [-0.05, 0) is 24.3 Å². The number of nitrogens with two attached hydrogens (primary N) is 1. The normalized spacial score (nSPS) is 10.8. The van der Waals surface area contributed by atoms with E-state index in [-0.39, 0.29) is 9.47 Å². The van der Waals surface area contributed by atoms with Gasteiger partial charge in [-0.3, -0.25) is 10.1 Å². The Balaban J connectivity index is 2.15. The van der Waals surface area contributed by atoms with Crippen molar-refractivity contribution < 1.29 is 13.2 Å². The van der Waals surface area contributed by atoms with Gasteiger partial charge in [-0.25, -0.2) is 13.6 Å². The number of primary sulfonamides is 1. The van der Waals surface area contributed by atoms with Gasteiger partial charge in [-0.1, -0.05) is 11.3 Å². The summed E-state index contributed by atoms with van der Waals surface area (Å²) in [6.07, 6.45) is 0. The lowest BCUT2D eigenvalue weighted by Gasteiger charge is -2.00. The largest absolute Gasteiger partial charge is 0.296 e. The molecule has 20 heavy (non-hydrogen) atoms. The summed E-state index contributed by atoms with van der Waals surface area (Å²) in [4.78, 5) is 11.8. The maximum absolute atomic E-state index is 11.8. The molecule has 0 aliphatic carbocycles. The zero-order chi connectivity index (χ0) is 14.8. The van der Waals surface area contributed by atoms with E-state index >= 15 is 0 Å². The van der Waals surface area contributed by atoms with Crippen LogP contribution in [0.5, 0.6) is 0 Å². The van der Waals surface area contributed by atoms with Gasteiger partial charge in [0.1, 0.15) is 0 Å². The monoisotopic (exact) mass is 309 g/mol. The minimum absolute atomic E-state index is 0.0170. The van der Waals surface area contributed by atoms with Crippen molar-refractivity contribution in [3.8, 4) is 6.07 Å². The van der Waals surface area contributed by atoms with Crippen molar-refractivity contribution >= 4 is 32.4 Å². The van der Waals surface area contributed by atoms with E-state index in [1.165, 1.54) is 24.3 Å². The number of carbonyl (C=O) groups excluding carboxylic acids is 1. The van der Waals surface area contributed by atoms with Gasteiger partial charge in [0.05, 0.1) is 11.6 Å². The molecule has 0 atom stereocenters. The molecule has 0 saturated carbocycles. The van der Waals surface area contributed by atoms with E-state index < -0.39 is 15.9 Å². The third kappa shape index (κ3) is 3.15. The molecule has 2 rings (SSSR count). The highest BCUT2D eigenvalue weighted by atomic mass is 32.2. The number of sulfonamides is 1. The van der Waals surface area contributed by atoms with Crippen LogP contribution in [-0.4, -0.2) is 24.5 Å². The molecule has 0 aliphatic rings. The first-order valence-electron chi connectivity index (χ1n) is 5.08. The van der Waals surface area contributed by atoms with Gasteiger partial charge in [0, 0.05) is 5.56 Å². The summed E-state index contributed by atoms with van der Waals surface area (Å²) in [6, 6.07) is 7.85. The fourth-order valence-corrected chi connectivity index (χ4v) is 2.57. The van der Waals surface area contributed by atoms with Gasteiger partial charge in [-0.2, -0.15) is 5.26 Å². The summed E-state index contributed by atoms with van der Waals surface area (Å²) < 4.78 is 21.6. The van der Waals surface area contributed by atoms with E-state index in [1.54, 1.807) is 0 Å². The van der Waals surface area contributed by atoms with Crippen LogP contribution in [0.3, 0.4) is 0 Å². The Bertz CT molecular complexity index is 789. The van der Waals surface area contributed by atoms with E-state index in [9.17, 15) is 13.2 Å². The van der Waals surface area contributed by atoms with E-state index in [0.717, 1.165) is 0 Å². The van der Waals surface area contributed by atoms with Crippen molar-refractivity contribution in [3.63, 3.8) is 0 Å². The van der Waals surface area contributed by atoms with Crippen LogP contribution in [0.15, 0.2) is 28.6 Å². The fraction of sp³-hybridized carbons (Fsp3) is 0. The maximum Gasteiger partial charge on any atom is 0.267 e. The summed E-state index contributed by atoms with van der Waals surface area (Å²) in [5.74, 6) is -0.494. The number of anilines is 1. The molecule has 0 radical (unpaired) electrons. The average molecular weight is 309 g/mol. The van der Waals surface area contributed by atoms with E-state index in [2.05, 4.69) is 15.5 Å². The molecule has 0 aliphatic heterocycles. The van der Waals surface area contributed by atoms with Gasteiger partial charge in [0.2, 0.25) is 9.47 Å². The number of nitrogens with one attached hydrogen (secondary N) is 1. The number of amides is 1. The number of rotatable bonds is 3. The molecular weight excluding hydrogens is 302 g/mol. The third-order valence-electron chi connectivity index (χ3n) is 2.15. The molecular formula is C10H7N5O3S2. The van der Waals surface area contributed by atoms with Crippen molar-refractivity contribution in [2.45, 2.75) is 4.34 Å². The summed E-state index contributed by atoms with van der Waals surface area (Å²) in [7, 11) is -3.93. The second kappa shape index (κ2) is 5.33. The van der Waals surface area contributed by atoms with Crippen LogP contribution in [0.4, 0.5) is 5.13 Å². The quantitative estimate of drug-likeness (QED) is 0.782. The van der Waals surface area contributed by atoms with Crippen molar-refractivity contribution in [2.24, 2.45) is 5.14 Å². The van der Waals surface area contributed by atoms with Crippen LogP contribution in [0.1, 0.15) is 15.9 Å². The van der Waals surface area contributed by atoms with Crippen LogP contribution >= 0.6 is 11.3 Å². The molecule has 8 nitrogen and oxygen atoms in total. The minimum Gasteiger partial charge on any atom is -0.296 e. The Kier molecular flexibility index (Phi) is 3.75. The smallest absolute Gasteiger partial charge is 0.267 e. The molecule has 0 saturated heterocycles. The lowest BCUT2D eigenvalue weighted by molar-refractivity contribution is 0.102. The second-order valence-electron chi connectivity index (χ2n) is 3.56. The molecule has 1 aromatic carbocycles. The molecule has 1 heterocycles. The predicted octanol–water partition coefficient (Wildman–Crippen LogP) is 0.309. The Hall–Kier alpha value is -2.35. The van der Waals surface area contributed by atoms with Crippen LogP contribution in [-0.2, 0) is 10.0 Å². The highest BCUT2D eigenvalue weighted by molar-refractivity contribution is 7.91. The number of nitrogens with zero attached hydrogens (tertiary/aromatic N) is 3. The molecule has 0 bridgehead atoms. The van der Waals surface area contributed by atoms with Crippen molar-refractivity contribution in [3.05, 3.63) is 35.4 Å². The number of hydrogen-bond donors (Lipinski definition) is 2. The summed E-state index contributed by atoms with van der Waals surface area (Å²) in [5, 5.41) is 22.8. The lowest BCUT2D eigenvalue weighted by Crippen LogP contribution is -2.11. The second-order valence-corrected chi connectivity index (χ2v) is 6.27. The zero-order valence-corrected chi connectivity index (χ0v) is 11.4. The van der Waals surface area contributed by atoms with Crippen molar-refractivity contribution in [1.29, 1.82) is 5.26 Å². The molecule has 3 N–H and O–H groups in total. The van der Waals surface area contributed by atoms with Crippen LogP contribution in [0.2, 0.25) is 0 Å². The standard InChI is InChI=1S/C10H7N5O3S2/c11-5-6-1-3-7(4-2-6)8(16)13-9-14-15-10(19-9)20(12,17)18/h1-4H,(H2,12,17,18)(H,13,14,16). The Morgan fingerprint density at radius 1 is 1.30 bits per heavy atom. The van der Waals surface area contributed by atoms with E-state index in [0.29, 0.717) is 22.5 Å². The Morgan fingerprint density at radius 3 is 2.45 bits per heavy atom. The van der Waals surface area contributed by atoms with Crippen LogP contribution in [0, 0.1) is 11.3 Å². The SMILES string of the molecule is N#Cc1ccc(C(=O)Nc2nnc(S(N)(=O)=O)s2)cc1. The third-order valence-corrected chi connectivity index (χ3v) is 4.30. The fourth-order valence-electron chi connectivity index (χ4n) is 1.24. The molecule has 2 aromatic rings. The molecule has 102 valence electrons. The number of carbonyl (C=O) groups is 1. The van der Waals surface area contributed by atoms with Crippen molar-refractivity contribution in [1.82, 2.24) is 10.2 Å². The molecule has 0 spiro atoms. The van der Waals surface area contributed by atoms with Crippen molar-refractivity contribution in [2.75, 3.05) is 5.32 Å². The first kappa shape index (κ1) is 14.1. The summed E-state index contributed by atoms with van der Waals surface area (Å²) in [5.41, 5.74) is 0.727. The predicted molar refractivity (Wildman–Crippen MR) is 70.4 cm³/mol. The summed E-state index contributed by atoms with van der Waals surface area (Å²) in [6.45, 7) is 0. The zero-order valence-electron chi connectivity index (χ0n) is 9.77. The molecule has 0 fully saturated rings. The number of benzene rings is 1. The minimum atomic E-state index is -3.93. The number of hydrogen-bond acceptors (Lipinski definition) is 7. The highest BCUT2D eigenvalue weighted by Crippen LogP contribution is 2.19. The van der Waals surface area contributed by atoms with Gasteiger partial charge in [-0.15, -0.1) is 10.2 Å². The van der Waals surface area contributed by atoms with E-state index in [4.69, 9.17) is 10.4 Å². The molecule has 1 amide bonds. The highest BCUT2D eigenvalue weighted by Gasteiger charge is 2.16. The topological polar surface area (TPSA) is 139 Å².